The lowest BCUT2D eigenvalue weighted by atomic mass is 10.0. The smallest absolute Gasteiger partial charge is 0.251 e. The molecular formula is C18H24N2O2. The summed E-state index contributed by atoms with van der Waals surface area (Å²) < 4.78 is 5.54. The van der Waals surface area contributed by atoms with E-state index in [1.54, 1.807) is 30.0 Å². The van der Waals surface area contributed by atoms with Gasteiger partial charge in [-0.3, -0.25) is 4.79 Å². The van der Waals surface area contributed by atoms with Crippen molar-refractivity contribution in [1.29, 1.82) is 5.26 Å². The number of hydrogen-bond acceptors (Lipinski definition) is 3. The molecule has 0 spiro atoms. The van der Waals surface area contributed by atoms with E-state index in [1.165, 1.54) is 0 Å². The molecule has 0 bridgehead atoms. The van der Waals surface area contributed by atoms with Crippen LogP contribution in [0.4, 0.5) is 0 Å². The molecule has 0 fully saturated rings. The molecule has 1 aromatic carbocycles. The van der Waals surface area contributed by atoms with E-state index in [4.69, 9.17) is 10.00 Å². The van der Waals surface area contributed by atoms with Crippen molar-refractivity contribution in [1.82, 2.24) is 4.90 Å². The predicted octanol–water partition coefficient (Wildman–Crippen LogP) is 3.45. The van der Waals surface area contributed by atoms with Gasteiger partial charge in [-0.1, -0.05) is 18.2 Å². The van der Waals surface area contributed by atoms with Crippen molar-refractivity contribution in [2.24, 2.45) is 0 Å². The highest BCUT2D eigenvalue weighted by Gasteiger charge is 2.24. The van der Waals surface area contributed by atoms with Crippen molar-refractivity contribution < 1.29 is 9.53 Å². The molecule has 0 aromatic heterocycles. The number of benzene rings is 1. The zero-order chi connectivity index (χ0) is 16.5. The molecule has 0 saturated carbocycles. The largest absolute Gasteiger partial charge is 0.368 e. The zero-order valence-electron chi connectivity index (χ0n) is 13.6. The summed E-state index contributed by atoms with van der Waals surface area (Å²) in [4.78, 5) is 14.3. The van der Waals surface area contributed by atoms with Gasteiger partial charge in [-0.15, -0.1) is 6.58 Å². The molecule has 4 nitrogen and oxygen atoms in total. The number of carbonyl (C=O) groups is 1. The summed E-state index contributed by atoms with van der Waals surface area (Å²) in [6, 6.07) is 9.36. The molecule has 0 saturated heterocycles. The second kappa shape index (κ2) is 9.01. The number of amides is 1. The van der Waals surface area contributed by atoms with Crippen molar-refractivity contribution in [2.75, 3.05) is 13.2 Å². The van der Waals surface area contributed by atoms with Gasteiger partial charge in [0.1, 0.15) is 6.10 Å². The molecule has 0 radical (unpaired) electrons. The van der Waals surface area contributed by atoms with Gasteiger partial charge >= 0.3 is 0 Å². The van der Waals surface area contributed by atoms with Crippen molar-refractivity contribution >= 4 is 5.91 Å². The van der Waals surface area contributed by atoms with E-state index in [9.17, 15) is 4.79 Å². The monoisotopic (exact) mass is 300 g/mol. The molecule has 22 heavy (non-hydrogen) atoms. The molecule has 4 heteroatoms. The van der Waals surface area contributed by atoms with Crippen LogP contribution in [0.25, 0.3) is 0 Å². The number of nitrogens with zero attached hydrogens (tertiary/aromatic N) is 2. The van der Waals surface area contributed by atoms with Crippen LogP contribution in [0.1, 0.15) is 44.4 Å². The zero-order valence-corrected chi connectivity index (χ0v) is 13.6. The second-order valence-corrected chi connectivity index (χ2v) is 5.12. The Morgan fingerprint density at radius 1 is 1.41 bits per heavy atom. The summed E-state index contributed by atoms with van der Waals surface area (Å²) >= 11 is 0. The average molecular weight is 300 g/mol. The third-order valence-corrected chi connectivity index (χ3v) is 3.65. The van der Waals surface area contributed by atoms with Crippen LogP contribution in [0, 0.1) is 11.3 Å². The Kier molecular flexibility index (Phi) is 7.34. The van der Waals surface area contributed by atoms with E-state index < -0.39 is 6.10 Å². The standard InChI is InChI=1S/C18H24N2O2/c1-5-7-12-22-15(4)18(21)20(6-2)14(3)17-10-8-16(13-19)9-11-17/h5,8-11,14-15H,1,6-7,12H2,2-4H3. The number of rotatable bonds is 8. The van der Waals surface area contributed by atoms with Crippen LogP contribution in [0.15, 0.2) is 36.9 Å². The Hall–Kier alpha value is -2.12. The highest BCUT2D eigenvalue weighted by Crippen LogP contribution is 2.21. The first-order valence-corrected chi connectivity index (χ1v) is 7.58. The van der Waals surface area contributed by atoms with Crippen LogP contribution in [0.2, 0.25) is 0 Å². The minimum Gasteiger partial charge on any atom is -0.368 e. The lowest BCUT2D eigenvalue weighted by molar-refractivity contribution is -0.144. The topological polar surface area (TPSA) is 53.3 Å². The van der Waals surface area contributed by atoms with Crippen LogP contribution in [0.3, 0.4) is 0 Å². The van der Waals surface area contributed by atoms with Crippen molar-refractivity contribution in [3.8, 4) is 6.07 Å². The van der Waals surface area contributed by atoms with Crippen molar-refractivity contribution in [2.45, 2.75) is 39.3 Å². The Morgan fingerprint density at radius 2 is 2.05 bits per heavy atom. The van der Waals surface area contributed by atoms with Crippen LogP contribution < -0.4 is 0 Å². The molecule has 1 aromatic rings. The van der Waals surface area contributed by atoms with Crippen LogP contribution >= 0.6 is 0 Å². The SMILES string of the molecule is C=CCCOC(C)C(=O)N(CC)C(C)c1ccc(C#N)cc1. The third-order valence-electron chi connectivity index (χ3n) is 3.65. The maximum atomic E-state index is 12.5. The molecule has 2 atom stereocenters. The number of nitriles is 1. The maximum absolute atomic E-state index is 12.5. The first kappa shape index (κ1) is 17.9. The summed E-state index contributed by atoms with van der Waals surface area (Å²) in [5, 5.41) is 8.85. The minimum absolute atomic E-state index is 0.0246. The molecule has 0 aliphatic carbocycles. The fraction of sp³-hybridized carbons (Fsp3) is 0.444. The summed E-state index contributed by atoms with van der Waals surface area (Å²) in [5.41, 5.74) is 1.62. The highest BCUT2D eigenvalue weighted by molar-refractivity contribution is 5.81. The number of carbonyl (C=O) groups excluding carboxylic acids is 1. The van der Waals surface area contributed by atoms with Crippen LogP contribution in [-0.2, 0) is 9.53 Å². The van der Waals surface area contributed by atoms with Gasteiger partial charge in [0, 0.05) is 6.54 Å². The minimum atomic E-state index is -0.472. The highest BCUT2D eigenvalue weighted by atomic mass is 16.5. The van der Waals surface area contributed by atoms with Crippen LogP contribution in [0.5, 0.6) is 0 Å². The molecule has 0 aliphatic heterocycles. The van der Waals surface area contributed by atoms with Gasteiger partial charge in [0.15, 0.2) is 0 Å². The fourth-order valence-corrected chi connectivity index (χ4v) is 2.27. The molecule has 2 unspecified atom stereocenters. The molecule has 0 N–H and O–H groups in total. The Morgan fingerprint density at radius 3 is 2.55 bits per heavy atom. The normalized spacial score (nSPS) is 13.0. The molecule has 0 heterocycles. The first-order valence-electron chi connectivity index (χ1n) is 7.58. The third kappa shape index (κ3) is 4.71. The predicted molar refractivity (Wildman–Crippen MR) is 87.2 cm³/mol. The van der Waals surface area contributed by atoms with Gasteiger partial charge in [0.25, 0.3) is 5.91 Å². The molecule has 118 valence electrons. The van der Waals surface area contributed by atoms with Gasteiger partial charge in [0.2, 0.25) is 0 Å². The van der Waals surface area contributed by atoms with Gasteiger partial charge in [-0.25, -0.2) is 0 Å². The second-order valence-electron chi connectivity index (χ2n) is 5.12. The van der Waals surface area contributed by atoms with Crippen molar-refractivity contribution in [3.63, 3.8) is 0 Å². The quantitative estimate of drug-likeness (QED) is 0.546. The first-order chi connectivity index (χ1) is 10.5. The maximum Gasteiger partial charge on any atom is 0.251 e. The van der Waals surface area contributed by atoms with E-state index >= 15 is 0 Å². The summed E-state index contributed by atoms with van der Waals surface area (Å²) in [7, 11) is 0. The van der Waals surface area contributed by atoms with Gasteiger partial charge in [0.05, 0.1) is 24.3 Å². The number of likely N-dealkylation sites (N-methyl/N-ethyl adjacent to an activating group) is 1. The van der Waals surface area contributed by atoms with Gasteiger partial charge < -0.3 is 9.64 Å². The Balaban J connectivity index is 2.77. The van der Waals surface area contributed by atoms with E-state index in [2.05, 4.69) is 12.6 Å². The Bertz CT molecular complexity index is 531. The number of ether oxygens (including phenoxy) is 1. The summed E-state index contributed by atoms with van der Waals surface area (Å²) in [6.07, 6.45) is 2.03. The number of hydrogen-bond donors (Lipinski definition) is 0. The van der Waals surface area contributed by atoms with E-state index in [-0.39, 0.29) is 11.9 Å². The Labute approximate surface area is 133 Å². The van der Waals surface area contributed by atoms with E-state index in [0.717, 1.165) is 12.0 Å². The average Bonchev–Trinajstić information content (AvgIpc) is 2.55. The molecule has 1 rings (SSSR count). The summed E-state index contributed by atoms with van der Waals surface area (Å²) in [5.74, 6) is -0.0246. The van der Waals surface area contributed by atoms with E-state index in [1.807, 2.05) is 26.0 Å². The molecule has 0 aliphatic rings. The van der Waals surface area contributed by atoms with Crippen molar-refractivity contribution in [3.05, 3.63) is 48.0 Å². The lowest BCUT2D eigenvalue weighted by Crippen LogP contribution is -2.40. The fourth-order valence-electron chi connectivity index (χ4n) is 2.27. The van der Waals surface area contributed by atoms with Gasteiger partial charge in [-0.2, -0.15) is 5.26 Å². The summed E-state index contributed by atoms with van der Waals surface area (Å²) in [6.45, 7) is 10.5. The molecular weight excluding hydrogens is 276 g/mol. The lowest BCUT2D eigenvalue weighted by Gasteiger charge is -2.30. The molecule has 1 amide bonds. The van der Waals surface area contributed by atoms with Crippen LogP contribution in [-0.4, -0.2) is 30.1 Å². The van der Waals surface area contributed by atoms with Gasteiger partial charge in [-0.05, 0) is 44.9 Å². The van der Waals surface area contributed by atoms with E-state index in [0.29, 0.717) is 18.7 Å².